The zero-order valence-corrected chi connectivity index (χ0v) is 11.1. The van der Waals surface area contributed by atoms with Gasteiger partial charge in [0, 0.05) is 19.4 Å². The maximum absolute atomic E-state index is 4.19. The highest BCUT2D eigenvalue weighted by Gasteiger charge is 2.02. The molecule has 0 aliphatic carbocycles. The van der Waals surface area contributed by atoms with Gasteiger partial charge in [0.05, 0.1) is 0 Å². The first-order valence-corrected chi connectivity index (χ1v) is 7.58. The van der Waals surface area contributed by atoms with Crippen LogP contribution < -0.4 is 5.32 Å². The lowest BCUT2D eigenvalue weighted by Gasteiger charge is -1.98. The van der Waals surface area contributed by atoms with E-state index in [1.165, 1.54) is 11.4 Å². The Balaban J connectivity index is 2.20. The second-order valence-electron chi connectivity index (χ2n) is 3.33. The quantitative estimate of drug-likeness (QED) is 0.711. The fourth-order valence-corrected chi connectivity index (χ4v) is 2.55. The van der Waals surface area contributed by atoms with E-state index >= 15 is 0 Å². The topological polar surface area (TPSA) is 37.8 Å². The number of rotatable bonds is 8. The summed E-state index contributed by atoms with van der Waals surface area (Å²) in [6.07, 6.45) is 5.38. The van der Waals surface area contributed by atoms with Crippen LogP contribution in [0.5, 0.6) is 0 Å². The average Bonchev–Trinajstić information content (AvgIpc) is 2.69. The molecule has 1 N–H and O–H groups in total. The van der Waals surface area contributed by atoms with E-state index in [0.717, 1.165) is 36.7 Å². The molecule has 0 saturated carbocycles. The Labute approximate surface area is 100 Å². The van der Waals surface area contributed by atoms with E-state index in [-0.39, 0.29) is 0 Å². The third kappa shape index (κ3) is 5.49. The maximum atomic E-state index is 4.19. The first kappa shape index (κ1) is 12.9. The number of hydrogen-bond acceptors (Lipinski definition) is 5. The molecule has 1 rings (SSSR count). The molecule has 1 heterocycles. The van der Waals surface area contributed by atoms with Gasteiger partial charge in [0.25, 0.3) is 0 Å². The molecule has 3 nitrogen and oxygen atoms in total. The second kappa shape index (κ2) is 8.07. The summed E-state index contributed by atoms with van der Waals surface area (Å²) >= 11 is 3.61. The average molecular weight is 245 g/mol. The van der Waals surface area contributed by atoms with Crippen LogP contribution in [0.4, 0.5) is 0 Å². The van der Waals surface area contributed by atoms with Crippen molar-refractivity contribution in [3.05, 3.63) is 10.0 Å². The second-order valence-corrected chi connectivity index (χ2v) is 5.46. The summed E-state index contributed by atoms with van der Waals surface area (Å²) in [4.78, 5) is 0. The molecule has 0 atom stereocenters. The van der Waals surface area contributed by atoms with Gasteiger partial charge in [-0.2, -0.15) is 11.8 Å². The fraction of sp³-hybridized carbons (Fsp3) is 0.800. The summed E-state index contributed by atoms with van der Waals surface area (Å²) < 4.78 is 0. The van der Waals surface area contributed by atoms with Crippen molar-refractivity contribution in [1.82, 2.24) is 15.5 Å². The van der Waals surface area contributed by atoms with Crippen LogP contribution in [0.25, 0.3) is 0 Å². The van der Waals surface area contributed by atoms with Crippen molar-refractivity contribution < 1.29 is 0 Å². The van der Waals surface area contributed by atoms with E-state index in [2.05, 4.69) is 28.7 Å². The molecule has 0 spiro atoms. The molecule has 0 aliphatic heterocycles. The maximum Gasteiger partial charge on any atom is 0.118 e. The summed E-state index contributed by atoms with van der Waals surface area (Å²) in [6.45, 7) is 4.29. The van der Waals surface area contributed by atoms with Crippen molar-refractivity contribution in [2.24, 2.45) is 0 Å². The van der Waals surface area contributed by atoms with E-state index in [0.29, 0.717) is 0 Å². The van der Waals surface area contributed by atoms with E-state index in [1.807, 2.05) is 11.8 Å². The Morgan fingerprint density at radius 3 is 2.60 bits per heavy atom. The molecule has 5 heteroatoms. The SMILES string of the molecule is CCCNCCc1nnc(CCSC)s1. The Kier molecular flexibility index (Phi) is 6.96. The van der Waals surface area contributed by atoms with Crippen molar-refractivity contribution in [3.8, 4) is 0 Å². The first-order chi connectivity index (χ1) is 7.36. The Hall–Kier alpha value is -0.130. The molecule has 0 bridgehead atoms. The molecule has 0 radical (unpaired) electrons. The van der Waals surface area contributed by atoms with Gasteiger partial charge < -0.3 is 5.32 Å². The van der Waals surface area contributed by atoms with E-state index in [1.54, 1.807) is 11.3 Å². The summed E-state index contributed by atoms with van der Waals surface area (Å²) in [5, 5.41) is 14.1. The molecule has 1 aromatic heterocycles. The van der Waals surface area contributed by atoms with E-state index < -0.39 is 0 Å². The van der Waals surface area contributed by atoms with Gasteiger partial charge in [-0.1, -0.05) is 6.92 Å². The van der Waals surface area contributed by atoms with Crippen molar-refractivity contribution in [2.75, 3.05) is 25.1 Å². The number of nitrogens with one attached hydrogen (secondary N) is 1. The number of aromatic nitrogens is 2. The van der Waals surface area contributed by atoms with Crippen LogP contribution in [0.15, 0.2) is 0 Å². The van der Waals surface area contributed by atoms with Crippen LogP contribution in [0.2, 0.25) is 0 Å². The lowest BCUT2D eigenvalue weighted by molar-refractivity contribution is 0.667. The van der Waals surface area contributed by atoms with Gasteiger partial charge in [0.1, 0.15) is 10.0 Å². The Morgan fingerprint density at radius 1 is 1.20 bits per heavy atom. The van der Waals surface area contributed by atoms with Crippen molar-refractivity contribution >= 4 is 23.1 Å². The predicted molar refractivity (Wildman–Crippen MR) is 68.9 cm³/mol. The number of aryl methyl sites for hydroxylation is 1. The van der Waals surface area contributed by atoms with Crippen LogP contribution in [0.1, 0.15) is 23.4 Å². The van der Waals surface area contributed by atoms with Gasteiger partial charge >= 0.3 is 0 Å². The lowest BCUT2D eigenvalue weighted by Crippen LogP contribution is -2.17. The largest absolute Gasteiger partial charge is 0.316 e. The number of thioether (sulfide) groups is 1. The minimum atomic E-state index is 1.01. The van der Waals surface area contributed by atoms with Crippen LogP contribution in [0, 0.1) is 0 Å². The predicted octanol–water partition coefficient (Wildman–Crippen LogP) is 1.99. The van der Waals surface area contributed by atoms with Gasteiger partial charge in [-0.25, -0.2) is 0 Å². The van der Waals surface area contributed by atoms with Crippen LogP contribution in [0.3, 0.4) is 0 Å². The monoisotopic (exact) mass is 245 g/mol. The summed E-state index contributed by atoms with van der Waals surface area (Å²) in [5.74, 6) is 1.14. The highest BCUT2D eigenvalue weighted by atomic mass is 32.2. The molecule has 0 aromatic carbocycles. The number of hydrogen-bond donors (Lipinski definition) is 1. The highest BCUT2D eigenvalue weighted by molar-refractivity contribution is 7.98. The molecule has 0 saturated heterocycles. The molecule has 15 heavy (non-hydrogen) atoms. The molecule has 0 amide bonds. The van der Waals surface area contributed by atoms with Gasteiger partial charge in [-0.15, -0.1) is 21.5 Å². The van der Waals surface area contributed by atoms with Gasteiger partial charge in [0.15, 0.2) is 0 Å². The van der Waals surface area contributed by atoms with Gasteiger partial charge in [0.2, 0.25) is 0 Å². The minimum Gasteiger partial charge on any atom is -0.316 e. The highest BCUT2D eigenvalue weighted by Crippen LogP contribution is 2.12. The molecular formula is C10H19N3S2. The van der Waals surface area contributed by atoms with Crippen molar-refractivity contribution in [1.29, 1.82) is 0 Å². The normalized spacial score (nSPS) is 10.8. The van der Waals surface area contributed by atoms with Crippen LogP contribution in [-0.2, 0) is 12.8 Å². The van der Waals surface area contributed by atoms with Gasteiger partial charge in [-0.05, 0) is 25.0 Å². The van der Waals surface area contributed by atoms with E-state index in [9.17, 15) is 0 Å². The van der Waals surface area contributed by atoms with Crippen molar-refractivity contribution in [2.45, 2.75) is 26.2 Å². The Bertz CT molecular complexity index is 263. The lowest BCUT2D eigenvalue weighted by atomic mass is 10.4. The molecule has 86 valence electrons. The molecule has 0 aliphatic rings. The molecule has 1 aromatic rings. The standard InChI is InChI=1S/C10H19N3S2/c1-3-6-11-7-4-9-12-13-10(15-9)5-8-14-2/h11H,3-8H2,1-2H3. The molecule has 0 fully saturated rings. The van der Waals surface area contributed by atoms with Gasteiger partial charge in [-0.3, -0.25) is 0 Å². The van der Waals surface area contributed by atoms with E-state index in [4.69, 9.17) is 0 Å². The Morgan fingerprint density at radius 2 is 1.93 bits per heavy atom. The zero-order valence-electron chi connectivity index (χ0n) is 9.45. The third-order valence-corrected chi connectivity index (χ3v) is 3.63. The van der Waals surface area contributed by atoms with Crippen LogP contribution in [-0.4, -0.2) is 35.3 Å². The minimum absolute atomic E-state index is 1.01. The summed E-state index contributed by atoms with van der Waals surface area (Å²) in [5.41, 5.74) is 0. The van der Waals surface area contributed by atoms with Crippen molar-refractivity contribution in [3.63, 3.8) is 0 Å². The smallest absolute Gasteiger partial charge is 0.118 e. The first-order valence-electron chi connectivity index (χ1n) is 5.37. The number of nitrogens with zero attached hydrogens (tertiary/aromatic N) is 2. The molecule has 0 unspecified atom stereocenters. The fourth-order valence-electron chi connectivity index (χ4n) is 1.18. The van der Waals surface area contributed by atoms with Crippen LogP contribution >= 0.6 is 23.1 Å². The third-order valence-electron chi connectivity index (χ3n) is 1.97. The molecular weight excluding hydrogens is 226 g/mol. The zero-order chi connectivity index (χ0) is 10.9. The summed E-state index contributed by atoms with van der Waals surface area (Å²) in [7, 11) is 0. The summed E-state index contributed by atoms with van der Waals surface area (Å²) in [6, 6.07) is 0.